The lowest BCUT2D eigenvalue weighted by atomic mass is 10.2. The van der Waals surface area contributed by atoms with Crippen LogP contribution in [0, 0.1) is 0 Å². The van der Waals surface area contributed by atoms with Gasteiger partial charge < -0.3 is 19.9 Å². The molecule has 1 aromatic carbocycles. The summed E-state index contributed by atoms with van der Waals surface area (Å²) in [7, 11) is 1.59. The standard InChI is InChI=1S/C24H24N4O5S2/c1-32-17-7-5-16(6-8-17)15-28-23(31)19(35-24(28)34)14-18-21(25-9-12-33-13-11-29)26-20-4-2-3-10-27(20)22(18)30/h2-8,10,14,25,29H,9,11-13,15H2,1H3/b19-14+. The number of methoxy groups -OCH3 is 1. The van der Waals surface area contributed by atoms with Crippen molar-refractivity contribution in [3.63, 3.8) is 0 Å². The second kappa shape index (κ2) is 11.5. The summed E-state index contributed by atoms with van der Waals surface area (Å²) in [5.74, 6) is 0.796. The molecule has 1 aliphatic rings. The van der Waals surface area contributed by atoms with Gasteiger partial charge in [0, 0.05) is 12.7 Å². The molecule has 0 spiro atoms. The minimum atomic E-state index is -0.310. The topological polar surface area (TPSA) is 105 Å². The summed E-state index contributed by atoms with van der Waals surface area (Å²) < 4.78 is 12.3. The third-order valence-corrected chi connectivity index (χ3v) is 6.57. The van der Waals surface area contributed by atoms with E-state index < -0.39 is 0 Å². The largest absolute Gasteiger partial charge is 0.497 e. The molecule has 0 radical (unpaired) electrons. The van der Waals surface area contributed by atoms with Gasteiger partial charge in [-0.1, -0.05) is 42.2 Å². The highest BCUT2D eigenvalue weighted by molar-refractivity contribution is 8.26. The van der Waals surface area contributed by atoms with Crippen molar-refractivity contribution in [2.24, 2.45) is 0 Å². The molecule has 35 heavy (non-hydrogen) atoms. The van der Waals surface area contributed by atoms with Crippen molar-refractivity contribution < 1.29 is 19.4 Å². The molecule has 1 aliphatic heterocycles. The van der Waals surface area contributed by atoms with E-state index in [-0.39, 0.29) is 30.2 Å². The van der Waals surface area contributed by atoms with Crippen LogP contribution in [0.15, 0.2) is 58.4 Å². The minimum absolute atomic E-state index is 0.0702. The van der Waals surface area contributed by atoms with Gasteiger partial charge in [0.15, 0.2) is 0 Å². The molecule has 182 valence electrons. The number of thiocarbonyl (C=S) groups is 1. The molecular weight excluding hydrogens is 488 g/mol. The number of fused-ring (bicyclic) bond motifs is 1. The fourth-order valence-corrected chi connectivity index (χ4v) is 4.69. The van der Waals surface area contributed by atoms with Crippen LogP contribution in [0.2, 0.25) is 0 Å². The third kappa shape index (κ3) is 5.70. The molecule has 9 nitrogen and oxygen atoms in total. The van der Waals surface area contributed by atoms with Gasteiger partial charge in [-0.25, -0.2) is 4.98 Å². The average Bonchev–Trinajstić information content (AvgIpc) is 3.13. The summed E-state index contributed by atoms with van der Waals surface area (Å²) in [6, 6.07) is 12.7. The zero-order valence-electron chi connectivity index (χ0n) is 19.0. The fourth-order valence-electron chi connectivity index (χ4n) is 3.46. The average molecular weight is 513 g/mol. The number of carbonyl (C=O) groups excluding carboxylic acids is 1. The van der Waals surface area contributed by atoms with Crippen molar-refractivity contribution in [2.45, 2.75) is 6.54 Å². The first-order chi connectivity index (χ1) is 17.0. The van der Waals surface area contributed by atoms with Crippen LogP contribution in [-0.4, -0.2) is 63.1 Å². The van der Waals surface area contributed by atoms with E-state index in [0.717, 1.165) is 23.1 Å². The Balaban J connectivity index is 1.62. The first-order valence-corrected chi connectivity index (χ1v) is 12.1. The zero-order chi connectivity index (χ0) is 24.8. The van der Waals surface area contributed by atoms with Gasteiger partial charge in [0.05, 0.1) is 43.9 Å². The van der Waals surface area contributed by atoms with E-state index in [1.54, 1.807) is 37.6 Å². The maximum atomic E-state index is 13.3. The molecule has 4 rings (SSSR count). The van der Waals surface area contributed by atoms with Gasteiger partial charge in [0.2, 0.25) is 0 Å². The number of nitrogens with zero attached hydrogens (tertiary/aromatic N) is 3. The molecule has 0 aliphatic carbocycles. The number of aromatic nitrogens is 2. The quantitative estimate of drug-likeness (QED) is 0.241. The van der Waals surface area contributed by atoms with E-state index in [1.807, 2.05) is 24.3 Å². The van der Waals surface area contributed by atoms with E-state index in [4.69, 9.17) is 26.8 Å². The van der Waals surface area contributed by atoms with Crippen LogP contribution < -0.4 is 15.6 Å². The minimum Gasteiger partial charge on any atom is -0.497 e. The van der Waals surface area contributed by atoms with Crippen LogP contribution in [0.4, 0.5) is 5.82 Å². The lowest BCUT2D eigenvalue weighted by Gasteiger charge is -2.14. The summed E-state index contributed by atoms with van der Waals surface area (Å²) in [4.78, 5) is 32.9. The second-order valence-electron chi connectivity index (χ2n) is 7.49. The van der Waals surface area contributed by atoms with E-state index in [0.29, 0.717) is 40.4 Å². The monoisotopic (exact) mass is 512 g/mol. The predicted molar refractivity (Wildman–Crippen MR) is 140 cm³/mol. The van der Waals surface area contributed by atoms with E-state index in [9.17, 15) is 9.59 Å². The van der Waals surface area contributed by atoms with Crippen molar-refractivity contribution in [3.8, 4) is 5.75 Å². The predicted octanol–water partition coefficient (Wildman–Crippen LogP) is 2.53. The number of hydrogen-bond donors (Lipinski definition) is 2. The van der Waals surface area contributed by atoms with E-state index in [2.05, 4.69) is 10.3 Å². The third-order valence-electron chi connectivity index (χ3n) is 5.19. The number of ether oxygens (including phenoxy) is 2. The van der Waals surface area contributed by atoms with Gasteiger partial charge in [0.1, 0.15) is 21.5 Å². The molecule has 0 saturated carbocycles. The van der Waals surface area contributed by atoms with Crippen LogP contribution in [0.1, 0.15) is 11.1 Å². The van der Waals surface area contributed by atoms with Gasteiger partial charge in [0.25, 0.3) is 11.5 Å². The number of benzene rings is 1. The van der Waals surface area contributed by atoms with Crippen molar-refractivity contribution in [1.29, 1.82) is 0 Å². The van der Waals surface area contributed by atoms with Crippen LogP contribution >= 0.6 is 24.0 Å². The summed E-state index contributed by atoms with van der Waals surface area (Å²) >= 11 is 6.61. The molecule has 0 atom stereocenters. The Labute approximate surface area is 211 Å². The zero-order valence-corrected chi connectivity index (χ0v) is 20.6. The molecule has 3 aromatic rings. The number of hydrogen-bond acceptors (Lipinski definition) is 9. The Hall–Kier alpha value is -3.25. The van der Waals surface area contributed by atoms with Crippen molar-refractivity contribution >= 4 is 51.7 Å². The Morgan fingerprint density at radius 3 is 2.71 bits per heavy atom. The number of aliphatic hydroxyl groups excluding tert-OH is 1. The summed E-state index contributed by atoms with van der Waals surface area (Å²) in [6.07, 6.45) is 3.17. The number of pyridine rings is 1. The Morgan fingerprint density at radius 1 is 1.17 bits per heavy atom. The van der Waals surface area contributed by atoms with Gasteiger partial charge >= 0.3 is 0 Å². The molecule has 2 N–H and O–H groups in total. The highest BCUT2D eigenvalue weighted by atomic mass is 32.2. The number of carbonyl (C=O) groups is 1. The molecule has 3 heterocycles. The number of rotatable bonds is 10. The Kier molecular flexibility index (Phi) is 8.13. The number of amides is 1. The SMILES string of the molecule is COc1ccc(CN2C(=O)/C(=C\c3c(NCCOCCO)nc4ccccn4c3=O)SC2=S)cc1. The Morgan fingerprint density at radius 2 is 1.97 bits per heavy atom. The number of nitrogens with one attached hydrogen (secondary N) is 1. The van der Waals surface area contributed by atoms with Gasteiger partial charge in [-0.05, 0) is 35.9 Å². The van der Waals surface area contributed by atoms with Gasteiger partial charge in [-0.2, -0.15) is 0 Å². The van der Waals surface area contributed by atoms with Crippen LogP contribution in [0.5, 0.6) is 5.75 Å². The molecule has 0 unspecified atom stereocenters. The molecular formula is C24H24N4O5S2. The molecule has 1 fully saturated rings. The summed E-state index contributed by atoms with van der Waals surface area (Å²) in [6.45, 7) is 1.15. The fraction of sp³-hybridized carbons (Fsp3) is 0.250. The molecule has 1 saturated heterocycles. The lowest BCUT2D eigenvalue weighted by Crippen LogP contribution is -2.27. The molecule has 0 bridgehead atoms. The van der Waals surface area contributed by atoms with Crippen LogP contribution in [-0.2, 0) is 16.1 Å². The molecule has 1 amide bonds. The van der Waals surface area contributed by atoms with Crippen LogP contribution in [0.3, 0.4) is 0 Å². The lowest BCUT2D eigenvalue weighted by molar-refractivity contribution is -0.122. The van der Waals surface area contributed by atoms with Gasteiger partial charge in [-0.15, -0.1) is 0 Å². The highest BCUT2D eigenvalue weighted by Crippen LogP contribution is 2.34. The first kappa shape index (κ1) is 24.9. The van der Waals surface area contributed by atoms with E-state index >= 15 is 0 Å². The number of aliphatic hydroxyl groups is 1. The van der Waals surface area contributed by atoms with Crippen LogP contribution in [0.25, 0.3) is 11.7 Å². The number of thioether (sulfide) groups is 1. The van der Waals surface area contributed by atoms with Crippen molar-refractivity contribution in [1.82, 2.24) is 14.3 Å². The van der Waals surface area contributed by atoms with Crippen molar-refractivity contribution in [3.05, 3.63) is 75.0 Å². The molecule has 11 heteroatoms. The summed E-state index contributed by atoms with van der Waals surface area (Å²) in [5, 5.41) is 12.0. The van der Waals surface area contributed by atoms with Crippen molar-refractivity contribution in [2.75, 3.05) is 38.8 Å². The Bertz CT molecular complexity index is 1320. The van der Waals surface area contributed by atoms with Gasteiger partial charge in [-0.3, -0.25) is 18.9 Å². The second-order valence-corrected chi connectivity index (χ2v) is 9.16. The maximum Gasteiger partial charge on any atom is 0.267 e. The van der Waals surface area contributed by atoms with E-state index in [1.165, 1.54) is 9.30 Å². The summed E-state index contributed by atoms with van der Waals surface area (Å²) in [5.41, 5.74) is 1.32. The maximum absolute atomic E-state index is 13.3. The highest BCUT2D eigenvalue weighted by Gasteiger charge is 2.32. The molecule has 2 aromatic heterocycles. The normalized spacial score (nSPS) is 14.8. The smallest absolute Gasteiger partial charge is 0.267 e. The number of anilines is 1. The first-order valence-electron chi connectivity index (χ1n) is 10.8.